The number of nitrogens with zero attached hydrogens (tertiary/aromatic N) is 1. The standard InChI is InChI=1S/C9H13NO3S/c1-6-7(2)14-9(12)10(6)5-4-8(11)13-3/h4-5H2,1-3H3. The molecule has 1 heterocycles. The molecule has 0 spiro atoms. The second-order valence-corrected chi connectivity index (χ2v) is 4.15. The van der Waals surface area contributed by atoms with Crippen LogP contribution in [-0.4, -0.2) is 17.6 Å². The lowest BCUT2D eigenvalue weighted by Gasteiger charge is -2.03. The van der Waals surface area contributed by atoms with Gasteiger partial charge in [0.2, 0.25) is 0 Å². The first-order chi connectivity index (χ1) is 6.56. The fourth-order valence-corrected chi connectivity index (χ4v) is 2.01. The van der Waals surface area contributed by atoms with Crippen LogP contribution in [0.2, 0.25) is 0 Å². The lowest BCUT2D eigenvalue weighted by Crippen LogP contribution is -2.17. The Hall–Kier alpha value is -1.10. The predicted octanol–water partition coefficient (Wildman–Crippen LogP) is 1.09. The zero-order valence-electron chi connectivity index (χ0n) is 8.49. The average Bonchev–Trinajstić information content (AvgIpc) is 2.39. The quantitative estimate of drug-likeness (QED) is 0.709. The molecule has 0 aromatic carbocycles. The van der Waals surface area contributed by atoms with Crippen molar-refractivity contribution in [1.82, 2.24) is 4.57 Å². The van der Waals surface area contributed by atoms with Gasteiger partial charge in [-0.05, 0) is 13.8 Å². The summed E-state index contributed by atoms with van der Waals surface area (Å²) in [6.07, 6.45) is 0.243. The molecule has 0 bridgehead atoms. The highest BCUT2D eigenvalue weighted by Crippen LogP contribution is 2.09. The van der Waals surface area contributed by atoms with Crippen LogP contribution in [0.15, 0.2) is 4.79 Å². The molecular formula is C9H13NO3S. The van der Waals surface area contributed by atoms with Gasteiger partial charge in [0.25, 0.3) is 0 Å². The third kappa shape index (κ3) is 2.23. The third-order valence-electron chi connectivity index (χ3n) is 2.14. The Morgan fingerprint density at radius 3 is 2.57 bits per heavy atom. The topological polar surface area (TPSA) is 48.3 Å². The van der Waals surface area contributed by atoms with Gasteiger partial charge in [0.15, 0.2) is 0 Å². The van der Waals surface area contributed by atoms with E-state index in [9.17, 15) is 9.59 Å². The molecule has 1 rings (SSSR count). The molecule has 0 aliphatic rings. The fourth-order valence-electron chi connectivity index (χ4n) is 1.15. The summed E-state index contributed by atoms with van der Waals surface area (Å²) in [5.41, 5.74) is 0.934. The Labute approximate surface area is 86.1 Å². The van der Waals surface area contributed by atoms with Crippen LogP contribution in [0.3, 0.4) is 0 Å². The number of aromatic nitrogens is 1. The lowest BCUT2D eigenvalue weighted by molar-refractivity contribution is -0.140. The molecule has 0 radical (unpaired) electrons. The molecular weight excluding hydrogens is 202 g/mol. The number of carbonyl (C=O) groups is 1. The first-order valence-electron chi connectivity index (χ1n) is 4.30. The van der Waals surface area contributed by atoms with Crippen molar-refractivity contribution in [3.8, 4) is 0 Å². The van der Waals surface area contributed by atoms with Gasteiger partial charge in [0, 0.05) is 17.1 Å². The molecule has 0 atom stereocenters. The zero-order valence-corrected chi connectivity index (χ0v) is 9.31. The van der Waals surface area contributed by atoms with E-state index in [-0.39, 0.29) is 17.3 Å². The maximum Gasteiger partial charge on any atom is 0.307 e. The molecule has 0 amide bonds. The lowest BCUT2D eigenvalue weighted by atomic mass is 10.3. The van der Waals surface area contributed by atoms with Gasteiger partial charge in [-0.2, -0.15) is 0 Å². The summed E-state index contributed by atoms with van der Waals surface area (Å²) < 4.78 is 6.12. The number of ether oxygens (including phenoxy) is 1. The van der Waals surface area contributed by atoms with E-state index >= 15 is 0 Å². The molecule has 1 aromatic heterocycles. The second-order valence-electron chi connectivity index (χ2n) is 2.99. The van der Waals surface area contributed by atoms with E-state index in [1.165, 1.54) is 18.4 Å². The van der Waals surface area contributed by atoms with Gasteiger partial charge >= 0.3 is 10.8 Å². The van der Waals surface area contributed by atoms with Crippen molar-refractivity contribution >= 4 is 17.3 Å². The number of carbonyl (C=O) groups excluding carboxylic acids is 1. The predicted molar refractivity (Wildman–Crippen MR) is 54.7 cm³/mol. The Bertz CT molecular complexity index is 391. The first-order valence-corrected chi connectivity index (χ1v) is 5.11. The van der Waals surface area contributed by atoms with Gasteiger partial charge in [-0.25, -0.2) is 0 Å². The Morgan fingerprint density at radius 1 is 1.50 bits per heavy atom. The maximum absolute atomic E-state index is 11.4. The fraction of sp³-hybridized carbons (Fsp3) is 0.556. The second kappa shape index (κ2) is 4.41. The molecule has 0 unspecified atom stereocenters. The molecule has 0 aliphatic heterocycles. The highest BCUT2D eigenvalue weighted by Gasteiger charge is 2.08. The van der Waals surface area contributed by atoms with Gasteiger partial charge in [0.1, 0.15) is 0 Å². The smallest absolute Gasteiger partial charge is 0.307 e. The van der Waals surface area contributed by atoms with Gasteiger partial charge in [-0.3, -0.25) is 9.59 Å². The minimum atomic E-state index is -0.292. The number of methoxy groups -OCH3 is 1. The van der Waals surface area contributed by atoms with E-state index in [1.54, 1.807) is 4.57 Å². The van der Waals surface area contributed by atoms with Crippen LogP contribution in [0, 0.1) is 13.8 Å². The van der Waals surface area contributed by atoms with Crippen LogP contribution < -0.4 is 4.87 Å². The molecule has 0 fully saturated rings. The summed E-state index contributed by atoms with van der Waals surface area (Å²) >= 11 is 1.21. The Kier molecular flexibility index (Phi) is 3.46. The molecule has 0 N–H and O–H groups in total. The van der Waals surface area contributed by atoms with E-state index in [0.717, 1.165) is 10.6 Å². The van der Waals surface area contributed by atoms with Crippen molar-refractivity contribution in [1.29, 1.82) is 0 Å². The van der Waals surface area contributed by atoms with Crippen molar-refractivity contribution in [3.05, 3.63) is 20.2 Å². The van der Waals surface area contributed by atoms with Gasteiger partial charge in [0.05, 0.1) is 13.5 Å². The molecule has 14 heavy (non-hydrogen) atoms. The number of rotatable bonds is 3. The number of aryl methyl sites for hydroxylation is 1. The van der Waals surface area contributed by atoms with Crippen molar-refractivity contribution in [2.45, 2.75) is 26.8 Å². The molecule has 4 nitrogen and oxygen atoms in total. The summed E-state index contributed by atoms with van der Waals surface area (Å²) in [6.45, 7) is 4.18. The molecule has 1 aromatic rings. The van der Waals surface area contributed by atoms with Crippen molar-refractivity contribution in [2.75, 3.05) is 7.11 Å². The van der Waals surface area contributed by atoms with Crippen molar-refractivity contribution in [2.24, 2.45) is 0 Å². The van der Waals surface area contributed by atoms with Crippen molar-refractivity contribution in [3.63, 3.8) is 0 Å². The van der Waals surface area contributed by atoms with Crippen LogP contribution in [-0.2, 0) is 16.1 Å². The highest BCUT2D eigenvalue weighted by molar-refractivity contribution is 7.09. The van der Waals surface area contributed by atoms with Crippen LogP contribution in [0.5, 0.6) is 0 Å². The normalized spacial score (nSPS) is 10.2. The van der Waals surface area contributed by atoms with Gasteiger partial charge in [-0.15, -0.1) is 0 Å². The summed E-state index contributed by atoms with van der Waals surface area (Å²) in [7, 11) is 1.34. The SMILES string of the molecule is COC(=O)CCn1c(C)c(C)sc1=O. The van der Waals surface area contributed by atoms with Gasteiger partial charge in [-0.1, -0.05) is 11.3 Å². The van der Waals surface area contributed by atoms with Crippen LogP contribution in [0.1, 0.15) is 17.0 Å². The highest BCUT2D eigenvalue weighted by atomic mass is 32.1. The molecule has 0 saturated carbocycles. The monoisotopic (exact) mass is 215 g/mol. The molecule has 0 aliphatic carbocycles. The zero-order chi connectivity index (χ0) is 10.7. The number of esters is 1. The van der Waals surface area contributed by atoms with Gasteiger partial charge < -0.3 is 9.30 Å². The molecule has 0 saturated heterocycles. The number of hydrogen-bond acceptors (Lipinski definition) is 4. The van der Waals surface area contributed by atoms with E-state index in [1.807, 2.05) is 13.8 Å². The van der Waals surface area contributed by atoms with Crippen LogP contribution in [0.25, 0.3) is 0 Å². The Morgan fingerprint density at radius 2 is 2.14 bits per heavy atom. The third-order valence-corrected chi connectivity index (χ3v) is 3.14. The summed E-state index contributed by atoms with van der Waals surface area (Å²) in [6, 6.07) is 0. The maximum atomic E-state index is 11.4. The van der Waals surface area contributed by atoms with E-state index < -0.39 is 0 Å². The minimum absolute atomic E-state index is 0.0103. The van der Waals surface area contributed by atoms with E-state index in [4.69, 9.17) is 0 Å². The van der Waals surface area contributed by atoms with E-state index in [2.05, 4.69) is 4.74 Å². The van der Waals surface area contributed by atoms with Crippen molar-refractivity contribution < 1.29 is 9.53 Å². The Balaban J connectivity index is 2.77. The number of hydrogen-bond donors (Lipinski definition) is 0. The van der Waals surface area contributed by atoms with Crippen LogP contribution >= 0.6 is 11.3 Å². The largest absolute Gasteiger partial charge is 0.469 e. The van der Waals surface area contributed by atoms with E-state index in [0.29, 0.717) is 6.54 Å². The number of thiazole rings is 1. The summed E-state index contributed by atoms with van der Waals surface area (Å²) in [5, 5.41) is 0. The average molecular weight is 215 g/mol. The minimum Gasteiger partial charge on any atom is -0.469 e. The molecule has 5 heteroatoms. The summed E-state index contributed by atoms with van der Waals surface area (Å²) in [5.74, 6) is -0.292. The summed E-state index contributed by atoms with van der Waals surface area (Å²) in [4.78, 5) is 23.3. The van der Waals surface area contributed by atoms with Crippen LogP contribution in [0.4, 0.5) is 0 Å². The molecule has 78 valence electrons. The first kappa shape index (κ1) is 11.0.